The maximum atomic E-state index is 13.0. The topological polar surface area (TPSA) is 72.5 Å². The van der Waals surface area contributed by atoms with Gasteiger partial charge in [0, 0.05) is 12.0 Å². The van der Waals surface area contributed by atoms with Crippen molar-refractivity contribution >= 4 is 17.7 Å². The number of fused-ring (bicyclic) bond motifs is 1. The summed E-state index contributed by atoms with van der Waals surface area (Å²) in [4.78, 5) is 37.1. The van der Waals surface area contributed by atoms with E-state index >= 15 is 0 Å². The highest BCUT2D eigenvalue weighted by Gasteiger charge is 2.40. The summed E-state index contributed by atoms with van der Waals surface area (Å²) in [7, 11) is 0. The van der Waals surface area contributed by atoms with Gasteiger partial charge in [-0.05, 0) is 31.7 Å². The number of amides is 1. The number of nitrogens with one attached hydrogen (secondary N) is 1. The molecule has 1 fully saturated rings. The van der Waals surface area contributed by atoms with Crippen molar-refractivity contribution in [2.75, 3.05) is 6.61 Å². The van der Waals surface area contributed by atoms with Gasteiger partial charge in [0.2, 0.25) is 5.91 Å². The third-order valence-corrected chi connectivity index (χ3v) is 5.35. The maximum absolute atomic E-state index is 13.0. The van der Waals surface area contributed by atoms with E-state index in [4.69, 9.17) is 4.74 Å². The zero-order chi connectivity index (χ0) is 17.9. The molecule has 0 saturated heterocycles. The molecule has 0 aliphatic heterocycles. The summed E-state index contributed by atoms with van der Waals surface area (Å²) in [5, 5.41) is 3.16. The van der Waals surface area contributed by atoms with Crippen LogP contribution >= 0.6 is 0 Å². The van der Waals surface area contributed by atoms with Gasteiger partial charge in [-0.15, -0.1) is 0 Å². The second-order valence-corrected chi connectivity index (χ2v) is 7.06. The molecule has 0 aromatic heterocycles. The molecule has 0 bridgehead atoms. The number of hydrogen-bond donors (Lipinski definition) is 1. The highest BCUT2D eigenvalue weighted by atomic mass is 16.5. The van der Waals surface area contributed by atoms with Crippen molar-refractivity contribution in [2.45, 2.75) is 63.3 Å². The molecule has 134 valence electrons. The Morgan fingerprint density at radius 3 is 2.68 bits per heavy atom. The first kappa shape index (κ1) is 17.6. The Morgan fingerprint density at radius 1 is 1.24 bits per heavy atom. The molecule has 0 heterocycles. The van der Waals surface area contributed by atoms with Gasteiger partial charge in [0.15, 0.2) is 5.78 Å². The number of ether oxygens (including phenoxy) is 1. The molecule has 0 unspecified atom stereocenters. The lowest BCUT2D eigenvalue weighted by molar-refractivity contribution is -0.145. The van der Waals surface area contributed by atoms with Crippen LogP contribution in [-0.2, 0) is 14.3 Å². The Balaban J connectivity index is 1.77. The van der Waals surface area contributed by atoms with E-state index in [-0.39, 0.29) is 30.0 Å². The predicted octanol–water partition coefficient (Wildman–Crippen LogP) is 3.13. The van der Waals surface area contributed by atoms with Crippen LogP contribution in [0.5, 0.6) is 0 Å². The maximum Gasteiger partial charge on any atom is 0.308 e. The fourth-order valence-corrected chi connectivity index (χ4v) is 4.13. The van der Waals surface area contributed by atoms with Crippen LogP contribution in [0, 0.1) is 0 Å². The van der Waals surface area contributed by atoms with Crippen LogP contribution < -0.4 is 5.32 Å². The molecule has 1 aromatic rings. The molecular formula is C20H25NO4. The molecule has 2 aliphatic carbocycles. The molecule has 5 heteroatoms. The number of esters is 1. The van der Waals surface area contributed by atoms with E-state index < -0.39 is 5.54 Å². The monoisotopic (exact) mass is 343 g/mol. The second kappa shape index (κ2) is 7.38. The number of hydrogen-bond acceptors (Lipinski definition) is 4. The summed E-state index contributed by atoms with van der Waals surface area (Å²) in [6, 6.07) is 7.35. The molecule has 1 N–H and O–H groups in total. The van der Waals surface area contributed by atoms with E-state index in [0.717, 1.165) is 31.2 Å². The molecule has 1 atom stereocenters. The van der Waals surface area contributed by atoms with Gasteiger partial charge >= 0.3 is 5.97 Å². The Morgan fingerprint density at radius 2 is 1.96 bits per heavy atom. The standard InChI is InChI=1S/C20H25NO4/c1-2-25-18(23)13-20(11-5-6-12-20)21-19(24)16-9-10-17(22)15-8-4-3-7-14(15)16/h3-4,7-8,16H,2,5-6,9-13H2,1H3,(H,21,24)/t16-/m1/s1. The summed E-state index contributed by atoms with van der Waals surface area (Å²) in [5.74, 6) is -0.564. The van der Waals surface area contributed by atoms with E-state index in [1.54, 1.807) is 13.0 Å². The van der Waals surface area contributed by atoms with Gasteiger partial charge in [-0.2, -0.15) is 0 Å². The van der Waals surface area contributed by atoms with Gasteiger partial charge in [-0.3, -0.25) is 14.4 Å². The van der Waals surface area contributed by atoms with Crippen LogP contribution in [0.1, 0.15) is 73.7 Å². The van der Waals surface area contributed by atoms with Crippen molar-refractivity contribution in [1.29, 1.82) is 0 Å². The lowest BCUT2D eigenvalue weighted by Crippen LogP contribution is -2.50. The molecule has 1 saturated carbocycles. The normalized spacial score (nSPS) is 21.5. The molecule has 0 spiro atoms. The fraction of sp³-hybridized carbons (Fsp3) is 0.550. The van der Waals surface area contributed by atoms with Crippen molar-refractivity contribution in [3.05, 3.63) is 35.4 Å². The number of ketones is 1. The number of rotatable bonds is 5. The van der Waals surface area contributed by atoms with Gasteiger partial charge in [-0.25, -0.2) is 0 Å². The van der Waals surface area contributed by atoms with Crippen molar-refractivity contribution in [2.24, 2.45) is 0 Å². The lowest BCUT2D eigenvalue weighted by atomic mass is 9.80. The van der Waals surface area contributed by atoms with E-state index in [2.05, 4.69) is 5.32 Å². The Bertz CT molecular complexity index is 676. The van der Waals surface area contributed by atoms with Gasteiger partial charge in [0.1, 0.15) is 0 Å². The molecular weight excluding hydrogens is 318 g/mol. The number of carbonyl (C=O) groups excluding carboxylic acids is 3. The molecule has 1 aromatic carbocycles. The summed E-state index contributed by atoms with van der Waals surface area (Å²) in [6.45, 7) is 2.13. The smallest absolute Gasteiger partial charge is 0.308 e. The van der Waals surface area contributed by atoms with Crippen LogP contribution in [0.25, 0.3) is 0 Å². The average Bonchev–Trinajstić information content (AvgIpc) is 3.03. The van der Waals surface area contributed by atoms with Gasteiger partial charge in [0.05, 0.1) is 24.5 Å². The van der Waals surface area contributed by atoms with Crippen LogP contribution in [0.2, 0.25) is 0 Å². The fourth-order valence-electron chi connectivity index (χ4n) is 4.13. The van der Waals surface area contributed by atoms with Crippen molar-refractivity contribution in [1.82, 2.24) is 5.32 Å². The van der Waals surface area contributed by atoms with Crippen LogP contribution in [-0.4, -0.2) is 29.8 Å². The zero-order valence-corrected chi connectivity index (χ0v) is 14.7. The third kappa shape index (κ3) is 3.75. The summed E-state index contributed by atoms with van der Waals surface area (Å²) >= 11 is 0. The first-order chi connectivity index (χ1) is 12.0. The van der Waals surface area contributed by atoms with Crippen molar-refractivity contribution < 1.29 is 19.1 Å². The van der Waals surface area contributed by atoms with E-state index in [0.29, 0.717) is 25.0 Å². The third-order valence-electron chi connectivity index (χ3n) is 5.35. The minimum Gasteiger partial charge on any atom is -0.466 e. The average molecular weight is 343 g/mol. The van der Waals surface area contributed by atoms with Gasteiger partial charge in [0.25, 0.3) is 0 Å². The minimum atomic E-state index is -0.500. The highest BCUT2D eigenvalue weighted by Crippen LogP contribution is 2.36. The molecule has 3 rings (SSSR count). The summed E-state index contributed by atoms with van der Waals surface area (Å²) in [5.41, 5.74) is 0.958. The Hall–Kier alpha value is -2.17. The van der Waals surface area contributed by atoms with Gasteiger partial charge in [-0.1, -0.05) is 37.1 Å². The van der Waals surface area contributed by atoms with Gasteiger partial charge < -0.3 is 10.1 Å². The van der Waals surface area contributed by atoms with Crippen LogP contribution in [0.3, 0.4) is 0 Å². The largest absolute Gasteiger partial charge is 0.466 e. The van der Waals surface area contributed by atoms with Crippen molar-refractivity contribution in [3.63, 3.8) is 0 Å². The predicted molar refractivity (Wildman–Crippen MR) is 93.3 cm³/mol. The summed E-state index contributed by atoms with van der Waals surface area (Å²) < 4.78 is 5.09. The highest BCUT2D eigenvalue weighted by molar-refractivity contribution is 6.01. The quantitative estimate of drug-likeness (QED) is 0.834. The zero-order valence-electron chi connectivity index (χ0n) is 14.7. The molecule has 5 nitrogen and oxygen atoms in total. The minimum absolute atomic E-state index is 0.0776. The molecule has 25 heavy (non-hydrogen) atoms. The number of benzene rings is 1. The summed E-state index contributed by atoms with van der Waals surface area (Å²) in [6.07, 6.45) is 4.73. The number of Topliss-reactive ketones (excluding diaryl/α,β-unsaturated/α-hetero) is 1. The van der Waals surface area contributed by atoms with E-state index in [1.165, 1.54) is 0 Å². The Kier molecular flexibility index (Phi) is 5.21. The van der Waals surface area contributed by atoms with Crippen molar-refractivity contribution in [3.8, 4) is 0 Å². The molecule has 2 aliphatic rings. The molecule has 0 radical (unpaired) electrons. The van der Waals surface area contributed by atoms with Crippen LogP contribution in [0.15, 0.2) is 24.3 Å². The Labute approximate surface area is 148 Å². The van der Waals surface area contributed by atoms with Crippen LogP contribution in [0.4, 0.5) is 0 Å². The second-order valence-electron chi connectivity index (χ2n) is 7.06. The first-order valence-corrected chi connectivity index (χ1v) is 9.14. The van der Waals surface area contributed by atoms with E-state index in [1.807, 2.05) is 18.2 Å². The number of carbonyl (C=O) groups is 3. The lowest BCUT2D eigenvalue weighted by Gasteiger charge is -2.33. The first-order valence-electron chi connectivity index (χ1n) is 9.14. The SMILES string of the molecule is CCOC(=O)CC1(NC(=O)[C@@H]2CCC(=O)c3ccccc32)CCCC1. The molecule has 1 amide bonds. The van der Waals surface area contributed by atoms with E-state index in [9.17, 15) is 14.4 Å².